The SMILES string of the molecule is CCOc1ccc(CN(C)C(=O)c2cccc(N3CCCCS3(=O)=O)c2)cc1. The number of hydrogen-bond acceptors (Lipinski definition) is 4. The van der Waals surface area contributed by atoms with Crippen LogP contribution < -0.4 is 9.04 Å². The zero-order valence-electron chi connectivity index (χ0n) is 16.3. The minimum absolute atomic E-state index is 0.148. The highest BCUT2D eigenvalue weighted by Crippen LogP contribution is 2.25. The smallest absolute Gasteiger partial charge is 0.253 e. The maximum absolute atomic E-state index is 12.8. The standard InChI is InChI=1S/C21H26N2O4S/c1-3-27-20-11-9-17(10-12-20)16-22(2)21(24)18-7-6-8-19(15-18)23-13-4-5-14-28(23,25)26/h6-12,15H,3-5,13-14,16H2,1-2H3. The first kappa shape index (κ1) is 20.2. The minimum Gasteiger partial charge on any atom is -0.494 e. The first-order chi connectivity index (χ1) is 13.4. The van der Waals surface area contributed by atoms with E-state index in [1.807, 2.05) is 31.2 Å². The molecule has 1 heterocycles. The van der Waals surface area contributed by atoms with Gasteiger partial charge in [0.1, 0.15) is 5.75 Å². The van der Waals surface area contributed by atoms with Crippen molar-refractivity contribution in [3.05, 3.63) is 59.7 Å². The minimum atomic E-state index is -3.30. The molecular formula is C21H26N2O4S. The van der Waals surface area contributed by atoms with Crippen LogP contribution in [0.2, 0.25) is 0 Å². The fraction of sp³-hybridized carbons (Fsp3) is 0.381. The van der Waals surface area contributed by atoms with Crippen LogP contribution in [0, 0.1) is 0 Å². The van der Waals surface area contributed by atoms with Crippen LogP contribution in [-0.2, 0) is 16.6 Å². The van der Waals surface area contributed by atoms with Crippen LogP contribution in [0.1, 0.15) is 35.7 Å². The Balaban J connectivity index is 1.73. The van der Waals surface area contributed by atoms with Gasteiger partial charge in [-0.3, -0.25) is 9.10 Å². The number of hydrogen-bond donors (Lipinski definition) is 0. The molecule has 0 radical (unpaired) electrons. The van der Waals surface area contributed by atoms with Crippen molar-refractivity contribution in [1.29, 1.82) is 0 Å². The Kier molecular flexibility index (Phi) is 6.24. The summed E-state index contributed by atoms with van der Waals surface area (Å²) in [6, 6.07) is 14.5. The van der Waals surface area contributed by atoms with E-state index >= 15 is 0 Å². The summed E-state index contributed by atoms with van der Waals surface area (Å²) < 4.78 is 31.5. The summed E-state index contributed by atoms with van der Waals surface area (Å²) in [6.45, 7) is 3.46. The van der Waals surface area contributed by atoms with Gasteiger partial charge in [-0.05, 0) is 55.7 Å². The van der Waals surface area contributed by atoms with E-state index in [1.165, 1.54) is 4.31 Å². The Morgan fingerprint density at radius 2 is 1.89 bits per heavy atom. The quantitative estimate of drug-likeness (QED) is 0.744. The fourth-order valence-corrected chi connectivity index (χ4v) is 4.93. The average molecular weight is 403 g/mol. The lowest BCUT2D eigenvalue weighted by Gasteiger charge is -2.28. The number of benzene rings is 2. The maximum atomic E-state index is 12.8. The van der Waals surface area contributed by atoms with Gasteiger partial charge in [0.05, 0.1) is 18.0 Å². The lowest BCUT2D eigenvalue weighted by atomic mass is 10.1. The van der Waals surface area contributed by atoms with Gasteiger partial charge < -0.3 is 9.64 Å². The second kappa shape index (κ2) is 8.65. The lowest BCUT2D eigenvalue weighted by molar-refractivity contribution is 0.0785. The van der Waals surface area contributed by atoms with E-state index < -0.39 is 10.0 Å². The highest BCUT2D eigenvalue weighted by atomic mass is 32.2. The zero-order chi connectivity index (χ0) is 20.1. The normalized spacial score (nSPS) is 15.9. The number of ether oxygens (including phenoxy) is 1. The number of sulfonamides is 1. The molecule has 1 saturated heterocycles. The summed E-state index contributed by atoms with van der Waals surface area (Å²) in [4.78, 5) is 14.5. The third-order valence-corrected chi connectivity index (χ3v) is 6.60. The van der Waals surface area contributed by atoms with Crippen LogP contribution in [0.5, 0.6) is 5.75 Å². The van der Waals surface area contributed by atoms with Gasteiger partial charge in [0.25, 0.3) is 5.91 Å². The van der Waals surface area contributed by atoms with Gasteiger partial charge in [-0.1, -0.05) is 18.2 Å². The molecule has 0 atom stereocenters. The molecule has 1 aliphatic rings. The summed E-state index contributed by atoms with van der Waals surface area (Å²) in [6.07, 6.45) is 1.51. The van der Waals surface area contributed by atoms with E-state index in [9.17, 15) is 13.2 Å². The molecule has 0 saturated carbocycles. The van der Waals surface area contributed by atoms with Gasteiger partial charge in [0.2, 0.25) is 10.0 Å². The zero-order valence-corrected chi connectivity index (χ0v) is 17.1. The number of rotatable bonds is 6. The van der Waals surface area contributed by atoms with Crippen LogP contribution >= 0.6 is 0 Å². The monoisotopic (exact) mass is 402 g/mol. The van der Waals surface area contributed by atoms with Crippen LogP contribution in [0.25, 0.3) is 0 Å². The van der Waals surface area contributed by atoms with E-state index in [0.717, 1.165) is 17.7 Å². The van der Waals surface area contributed by atoms with Crippen LogP contribution in [0.15, 0.2) is 48.5 Å². The number of carbonyl (C=O) groups excluding carboxylic acids is 1. The Morgan fingerprint density at radius 3 is 2.57 bits per heavy atom. The van der Waals surface area contributed by atoms with Gasteiger partial charge >= 0.3 is 0 Å². The van der Waals surface area contributed by atoms with E-state index in [4.69, 9.17) is 4.74 Å². The van der Waals surface area contributed by atoms with Crippen LogP contribution in [-0.4, -0.2) is 45.2 Å². The van der Waals surface area contributed by atoms with Gasteiger partial charge in [0.15, 0.2) is 0 Å². The summed E-state index contributed by atoms with van der Waals surface area (Å²) in [5, 5.41) is 0. The van der Waals surface area contributed by atoms with Gasteiger partial charge in [-0.15, -0.1) is 0 Å². The van der Waals surface area contributed by atoms with Crippen molar-refractivity contribution in [2.75, 3.05) is 30.3 Å². The third-order valence-electron chi connectivity index (χ3n) is 4.73. The molecule has 7 heteroatoms. The first-order valence-corrected chi connectivity index (χ1v) is 11.1. The largest absolute Gasteiger partial charge is 0.494 e. The van der Waals surface area contributed by atoms with Gasteiger partial charge in [0, 0.05) is 25.7 Å². The summed E-state index contributed by atoms with van der Waals surface area (Å²) in [5.41, 5.74) is 2.03. The van der Waals surface area contributed by atoms with Gasteiger partial charge in [-0.2, -0.15) is 0 Å². The summed E-state index contributed by atoms with van der Waals surface area (Å²) >= 11 is 0. The molecule has 6 nitrogen and oxygen atoms in total. The molecule has 2 aromatic rings. The molecule has 150 valence electrons. The van der Waals surface area contributed by atoms with Crippen LogP contribution in [0.3, 0.4) is 0 Å². The molecule has 0 unspecified atom stereocenters. The van der Waals surface area contributed by atoms with Crippen molar-refractivity contribution in [3.8, 4) is 5.75 Å². The predicted molar refractivity (Wildman–Crippen MR) is 110 cm³/mol. The number of amides is 1. The van der Waals surface area contributed by atoms with E-state index in [1.54, 1.807) is 36.2 Å². The average Bonchev–Trinajstić information content (AvgIpc) is 2.69. The van der Waals surface area contributed by atoms with Crippen molar-refractivity contribution >= 4 is 21.6 Å². The van der Waals surface area contributed by atoms with Crippen molar-refractivity contribution in [2.45, 2.75) is 26.3 Å². The first-order valence-electron chi connectivity index (χ1n) is 9.48. The molecule has 1 aliphatic heterocycles. The topological polar surface area (TPSA) is 66.9 Å². The molecule has 28 heavy (non-hydrogen) atoms. The molecule has 2 aromatic carbocycles. The molecule has 3 rings (SSSR count). The Bertz CT molecular complexity index is 926. The highest BCUT2D eigenvalue weighted by molar-refractivity contribution is 7.92. The number of nitrogens with zero attached hydrogens (tertiary/aromatic N) is 2. The van der Waals surface area contributed by atoms with E-state index in [2.05, 4.69) is 0 Å². The summed E-state index contributed by atoms with van der Waals surface area (Å²) in [7, 11) is -1.56. The van der Waals surface area contributed by atoms with Crippen molar-refractivity contribution in [2.24, 2.45) is 0 Å². The van der Waals surface area contributed by atoms with Gasteiger partial charge in [-0.25, -0.2) is 8.42 Å². The van der Waals surface area contributed by atoms with Crippen molar-refractivity contribution in [3.63, 3.8) is 0 Å². The molecule has 1 amide bonds. The third kappa shape index (κ3) is 4.65. The second-order valence-corrected chi connectivity index (χ2v) is 8.90. The molecular weight excluding hydrogens is 376 g/mol. The van der Waals surface area contributed by atoms with Crippen LogP contribution in [0.4, 0.5) is 5.69 Å². The molecule has 1 fully saturated rings. The molecule has 0 N–H and O–H groups in total. The Labute approximate surface area is 166 Å². The van der Waals surface area contributed by atoms with E-state index in [-0.39, 0.29) is 11.7 Å². The molecule has 0 aliphatic carbocycles. The van der Waals surface area contributed by atoms with Crippen molar-refractivity contribution in [1.82, 2.24) is 4.90 Å². The molecule has 0 aromatic heterocycles. The second-order valence-electron chi connectivity index (χ2n) is 6.88. The summed E-state index contributed by atoms with van der Waals surface area (Å²) in [5.74, 6) is 0.809. The Morgan fingerprint density at radius 1 is 1.14 bits per heavy atom. The number of carbonyl (C=O) groups is 1. The lowest BCUT2D eigenvalue weighted by Crippen LogP contribution is -2.38. The molecule has 0 spiro atoms. The predicted octanol–water partition coefficient (Wildman–Crippen LogP) is 3.29. The number of anilines is 1. The van der Waals surface area contributed by atoms with Crippen molar-refractivity contribution < 1.29 is 17.9 Å². The Hall–Kier alpha value is -2.54. The van der Waals surface area contributed by atoms with E-state index in [0.29, 0.717) is 37.4 Å². The fourth-order valence-electron chi connectivity index (χ4n) is 3.30. The molecule has 0 bridgehead atoms. The highest BCUT2D eigenvalue weighted by Gasteiger charge is 2.26. The maximum Gasteiger partial charge on any atom is 0.253 e.